The third-order valence-electron chi connectivity index (χ3n) is 9.46. The van der Waals surface area contributed by atoms with Crippen LogP contribution in [0.4, 0.5) is 0 Å². The van der Waals surface area contributed by atoms with Gasteiger partial charge in [0.25, 0.3) is 11.8 Å². The highest BCUT2D eigenvalue weighted by molar-refractivity contribution is 7.34. The van der Waals surface area contributed by atoms with Crippen LogP contribution in [0.5, 0.6) is 23.3 Å². The largest absolute Gasteiger partial charge is 0.493 e. The molecule has 4 aromatic heterocycles. The van der Waals surface area contributed by atoms with Crippen LogP contribution in [-0.2, 0) is 4.57 Å². The molecule has 8 aromatic rings. The first-order valence-corrected chi connectivity index (χ1v) is 20.3. The lowest BCUT2D eigenvalue weighted by Crippen LogP contribution is -2.29. The Morgan fingerprint density at radius 1 is 0.484 bits per heavy atom. The van der Waals surface area contributed by atoms with E-state index >= 15 is 0 Å². The Bertz CT molecular complexity index is 2630. The molecule has 2 unspecified atom stereocenters. The number of hydrogen-bond donors (Lipinski definition) is 4. The molecule has 4 heterocycles. The van der Waals surface area contributed by atoms with E-state index in [1.807, 2.05) is 60.7 Å². The molecule has 8 rings (SSSR count). The first-order chi connectivity index (χ1) is 30.3. The van der Waals surface area contributed by atoms with Crippen molar-refractivity contribution in [2.75, 3.05) is 0 Å². The van der Waals surface area contributed by atoms with Crippen molar-refractivity contribution >= 4 is 20.1 Å². The second-order valence-corrected chi connectivity index (χ2v) is 14.4. The number of aromatic hydroxyl groups is 2. The molecule has 62 heavy (non-hydrogen) atoms. The maximum Gasteiger partial charge on any atom is 0.418 e. The van der Waals surface area contributed by atoms with Gasteiger partial charge >= 0.3 is 8.25 Å². The summed E-state index contributed by atoms with van der Waals surface area (Å²) < 4.78 is 24.4. The minimum absolute atomic E-state index is 0.117. The number of nitrogens with one attached hydrogen (secondary N) is 2. The number of pyridine rings is 2. The standard InChI is InChI=1S/C46H35N8O7P/c55-43(35-27-49-41(53-45(35)57)37-15-7-9-25-47-37)51-39(29-11-3-1-4-12-29)31-17-21-33(22-18-31)60-62(59)61-34-23-19-32(20-24-34)40(30-13-5-2-6-14-30)52-44(56)36-28-50-42(54-46(36)58)38-16-8-10-26-48-38/h1-28,39-40,62H,(H,51,55)(H,52,56)(H,49,53,57)(H,50,54,58). The first-order valence-electron chi connectivity index (χ1n) is 19.0. The third kappa shape index (κ3) is 9.60. The van der Waals surface area contributed by atoms with E-state index in [-0.39, 0.29) is 34.3 Å². The van der Waals surface area contributed by atoms with Crippen molar-refractivity contribution in [3.8, 4) is 46.3 Å². The summed E-state index contributed by atoms with van der Waals surface area (Å²) in [4.78, 5) is 52.0. The fraction of sp³-hybridized carbons (Fsp3) is 0.0435. The topological polar surface area (TPSA) is 212 Å². The van der Waals surface area contributed by atoms with Crippen LogP contribution in [0.3, 0.4) is 0 Å². The zero-order chi connectivity index (χ0) is 42.8. The summed E-state index contributed by atoms with van der Waals surface area (Å²) in [5.74, 6) is -1.33. The summed E-state index contributed by atoms with van der Waals surface area (Å²) in [5.41, 5.74) is 3.52. The number of aromatic nitrogens is 6. The molecule has 0 saturated heterocycles. The van der Waals surface area contributed by atoms with Crippen LogP contribution in [0.15, 0.2) is 170 Å². The lowest BCUT2D eigenvalue weighted by Gasteiger charge is -2.21. The monoisotopic (exact) mass is 842 g/mol. The molecule has 0 bridgehead atoms. The molecular formula is C46H35N8O7P. The molecule has 15 nitrogen and oxygen atoms in total. The Labute approximate surface area is 355 Å². The molecule has 0 aliphatic rings. The zero-order valence-electron chi connectivity index (χ0n) is 32.4. The molecule has 0 aliphatic carbocycles. The van der Waals surface area contributed by atoms with Gasteiger partial charge in [0.05, 0.1) is 12.1 Å². The van der Waals surface area contributed by atoms with Gasteiger partial charge in [-0.1, -0.05) is 97.1 Å². The van der Waals surface area contributed by atoms with Crippen LogP contribution in [0.25, 0.3) is 23.0 Å². The highest BCUT2D eigenvalue weighted by atomic mass is 31.1. The van der Waals surface area contributed by atoms with E-state index < -0.39 is 43.9 Å². The molecule has 0 fully saturated rings. The number of benzene rings is 4. The van der Waals surface area contributed by atoms with Crippen molar-refractivity contribution in [3.63, 3.8) is 0 Å². The predicted octanol–water partition coefficient (Wildman–Crippen LogP) is 7.69. The lowest BCUT2D eigenvalue weighted by molar-refractivity contribution is 0.0930. The highest BCUT2D eigenvalue weighted by Crippen LogP contribution is 2.34. The van der Waals surface area contributed by atoms with Crippen LogP contribution in [-0.4, -0.2) is 51.9 Å². The van der Waals surface area contributed by atoms with E-state index in [1.54, 1.807) is 97.3 Å². The van der Waals surface area contributed by atoms with E-state index in [9.17, 15) is 24.4 Å². The normalized spacial score (nSPS) is 12.3. The first kappa shape index (κ1) is 40.5. The number of carbonyl (C=O) groups excluding carboxylic acids is 2. The van der Waals surface area contributed by atoms with Crippen molar-refractivity contribution in [1.29, 1.82) is 0 Å². The predicted molar refractivity (Wildman–Crippen MR) is 228 cm³/mol. The average Bonchev–Trinajstić information content (AvgIpc) is 3.31. The SMILES string of the molecule is O=C(NC(c1ccccc1)c1ccc(O[PH](=O)Oc2ccc(C(NC(=O)c3cnc(-c4ccccn4)nc3O)c3ccccc3)cc2)cc1)c1cnc(-c2ccccn2)nc1O. The number of rotatable bonds is 14. The maximum atomic E-state index is 13.5. The Kier molecular flexibility index (Phi) is 12.2. The van der Waals surface area contributed by atoms with Gasteiger partial charge in [-0.25, -0.2) is 14.5 Å². The quantitative estimate of drug-likeness (QED) is 0.0775. The van der Waals surface area contributed by atoms with Gasteiger partial charge in [0.15, 0.2) is 11.6 Å². The van der Waals surface area contributed by atoms with Crippen molar-refractivity contribution < 1.29 is 33.4 Å². The van der Waals surface area contributed by atoms with Crippen molar-refractivity contribution in [2.45, 2.75) is 12.1 Å². The zero-order valence-corrected chi connectivity index (χ0v) is 33.4. The highest BCUT2D eigenvalue weighted by Gasteiger charge is 2.24. The van der Waals surface area contributed by atoms with E-state index in [0.717, 1.165) is 11.1 Å². The molecule has 4 N–H and O–H groups in total. The van der Waals surface area contributed by atoms with E-state index in [4.69, 9.17) is 9.05 Å². The number of hydrogen-bond acceptors (Lipinski definition) is 13. The van der Waals surface area contributed by atoms with Crippen LogP contribution in [0.1, 0.15) is 55.1 Å². The Morgan fingerprint density at radius 2 is 0.855 bits per heavy atom. The van der Waals surface area contributed by atoms with Gasteiger partial charge in [-0.3, -0.25) is 19.6 Å². The molecule has 4 aromatic carbocycles. The van der Waals surface area contributed by atoms with Crippen molar-refractivity contribution in [3.05, 3.63) is 204 Å². The van der Waals surface area contributed by atoms with Gasteiger partial charge in [0.1, 0.15) is 34.0 Å². The Morgan fingerprint density at radius 3 is 1.21 bits per heavy atom. The second-order valence-electron chi connectivity index (χ2n) is 13.5. The summed E-state index contributed by atoms with van der Waals surface area (Å²) in [6.07, 6.45) is 5.65. The minimum atomic E-state index is -3.11. The summed E-state index contributed by atoms with van der Waals surface area (Å²) in [6.45, 7) is 0. The molecule has 16 heteroatoms. The van der Waals surface area contributed by atoms with Crippen LogP contribution >= 0.6 is 8.25 Å². The Hall–Kier alpha value is -8.29. The number of nitrogens with zero attached hydrogens (tertiary/aromatic N) is 6. The van der Waals surface area contributed by atoms with Crippen molar-refractivity contribution in [1.82, 2.24) is 40.5 Å². The summed E-state index contributed by atoms with van der Waals surface area (Å²) in [7, 11) is -3.11. The average molecular weight is 843 g/mol. The molecule has 2 atom stereocenters. The van der Waals surface area contributed by atoms with Gasteiger partial charge in [0.2, 0.25) is 11.8 Å². The molecule has 0 spiro atoms. The van der Waals surface area contributed by atoms with E-state index in [2.05, 4.69) is 40.5 Å². The smallest absolute Gasteiger partial charge is 0.418 e. The summed E-state index contributed by atoms with van der Waals surface area (Å²) in [5, 5.41) is 27.3. The second kappa shape index (κ2) is 18.7. The molecular weight excluding hydrogens is 808 g/mol. The molecule has 0 saturated carbocycles. The summed E-state index contributed by atoms with van der Waals surface area (Å²) >= 11 is 0. The molecule has 2 amide bonds. The van der Waals surface area contributed by atoms with Crippen LogP contribution in [0, 0.1) is 0 Å². The third-order valence-corrected chi connectivity index (χ3v) is 10.3. The van der Waals surface area contributed by atoms with Crippen molar-refractivity contribution in [2.24, 2.45) is 0 Å². The Balaban J connectivity index is 0.927. The molecule has 0 aliphatic heterocycles. The maximum absolute atomic E-state index is 13.5. The van der Waals surface area contributed by atoms with Gasteiger partial charge in [-0.05, 0) is 70.8 Å². The number of carbonyl (C=O) groups is 2. The molecule has 0 radical (unpaired) electrons. The van der Waals surface area contributed by atoms with Gasteiger partial charge in [-0.15, -0.1) is 0 Å². The fourth-order valence-electron chi connectivity index (χ4n) is 6.40. The van der Waals surface area contributed by atoms with E-state index in [1.165, 1.54) is 12.4 Å². The lowest BCUT2D eigenvalue weighted by atomic mass is 9.98. The van der Waals surface area contributed by atoms with Gasteiger partial charge in [0, 0.05) is 24.8 Å². The summed E-state index contributed by atoms with van der Waals surface area (Å²) in [6, 6.07) is 40.9. The van der Waals surface area contributed by atoms with E-state index in [0.29, 0.717) is 22.5 Å². The van der Waals surface area contributed by atoms with Gasteiger partial charge < -0.3 is 29.9 Å². The van der Waals surface area contributed by atoms with Gasteiger partial charge in [-0.2, -0.15) is 9.97 Å². The minimum Gasteiger partial charge on any atom is -0.493 e. The van der Waals surface area contributed by atoms with Crippen LogP contribution < -0.4 is 19.7 Å². The van der Waals surface area contributed by atoms with Crippen LogP contribution in [0.2, 0.25) is 0 Å². The molecule has 306 valence electrons. The number of amides is 2. The fourth-order valence-corrected chi connectivity index (χ4v) is 7.10.